The van der Waals surface area contributed by atoms with Gasteiger partial charge in [0, 0.05) is 38.1 Å². The molecule has 2 unspecified atom stereocenters. The maximum Gasteiger partial charge on any atom is 0.240 e. The third-order valence-electron chi connectivity index (χ3n) is 6.01. The molecule has 0 spiro atoms. The molecule has 0 bridgehead atoms. The first-order valence-corrected chi connectivity index (χ1v) is 12.6. The zero-order chi connectivity index (χ0) is 21.8. The van der Waals surface area contributed by atoms with E-state index < -0.39 is 10.0 Å². The van der Waals surface area contributed by atoms with Crippen molar-refractivity contribution < 1.29 is 8.42 Å². The van der Waals surface area contributed by atoms with Gasteiger partial charge in [-0.3, -0.25) is 0 Å². The number of rotatable bonds is 7. The van der Waals surface area contributed by atoms with Crippen LogP contribution in [0.25, 0.3) is 0 Å². The van der Waals surface area contributed by atoms with Crippen LogP contribution in [-0.4, -0.2) is 54.5 Å². The Kier molecular flexibility index (Phi) is 8.56. The average Bonchev–Trinajstić information content (AvgIpc) is 3.39. The van der Waals surface area contributed by atoms with Crippen molar-refractivity contribution in [1.82, 2.24) is 24.5 Å². The van der Waals surface area contributed by atoms with Gasteiger partial charge in [-0.15, -0.1) is 24.0 Å². The molecule has 1 aliphatic heterocycles. The summed E-state index contributed by atoms with van der Waals surface area (Å²) in [5.41, 5.74) is 0.984. The summed E-state index contributed by atoms with van der Waals surface area (Å²) < 4.78 is 29.6. The minimum absolute atomic E-state index is 0. The van der Waals surface area contributed by atoms with Gasteiger partial charge in [-0.05, 0) is 49.8 Å². The molecule has 0 amide bonds. The molecule has 1 aromatic heterocycles. The topological polar surface area (TPSA) is 91.6 Å². The first kappa shape index (κ1) is 25.0. The number of sulfonamides is 1. The lowest BCUT2D eigenvalue weighted by Gasteiger charge is -2.39. The molecular weight excluding hydrogens is 539 g/mol. The molecular formula is C22H33IN6O2S. The van der Waals surface area contributed by atoms with E-state index >= 15 is 0 Å². The fourth-order valence-electron chi connectivity index (χ4n) is 3.95. The Bertz CT molecular complexity index is 990. The summed E-state index contributed by atoms with van der Waals surface area (Å²) in [6.45, 7) is 7.50. The number of aliphatic imine (C=N–C) groups is 1. The highest BCUT2D eigenvalue weighted by atomic mass is 127. The van der Waals surface area contributed by atoms with Crippen molar-refractivity contribution in [2.75, 3.05) is 19.6 Å². The van der Waals surface area contributed by atoms with Gasteiger partial charge in [0.2, 0.25) is 10.0 Å². The molecule has 1 saturated heterocycles. The highest BCUT2D eigenvalue weighted by Crippen LogP contribution is 2.27. The van der Waals surface area contributed by atoms with Gasteiger partial charge < -0.3 is 14.8 Å². The summed E-state index contributed by atoms with van der Waals surface area (Å²) in [7, 11) is -3.42. The summed E-state index contributed by atoms with van der Waals surface area (Å²) in [4.78, 5) is 11.7. The van der Waals surface area contributed by atoms with Crippen LogP contribution in [0.2, 0.25) is 0 Å². The minimum atomic E-state index is -3.42. The second-order valence-corrected chi connectivity index (χ2v) is 10.2. The average molecular weight is 573 g/mol. The van der Waals surface area contributed by atoms with Gasteiger partial charge in [-0.1, -0.05) is 19.1 Å². The monoisotopic (exact) mass is 572 g/mol. The van der Waals surface area contributed by atoms with Crippen molar-refractivity contribution in [3.8, 4) is 0 Å². The van der Waals surface area contributed by atoms with Crippen molar-refractivity contribution in [3.63, 3.8) is 0 Å². The molecule has 2 aliphatic rings. The number of halogens is 1. The van der Waals surface area contributed by atoms with Crippen LogP contribution < -0.4 is 10.0 Å². The second-order valence-electron chi connectivity index (χ2n) is 8.50. The molecule has 2 fully saturated rings. The van der Waals surface area contributed by atoms with Crippen LogP contribution in [0.4, 0.5) is 0 Å². The van der Waals surface area contributed by atoms with Crippen molar-refractivity contribution in [2.45, 2.75) is 56.6 Å². The molecule has 32 heavy (non-hydrogen) atoms. The fourth-order valence-corrected chi connectivity index (χ4v) is 5.25. The van der Waals surface area contributed by atoms with E-state index in [9.17, 15) is 8.42 Å². The molecule has 0 radical (unpaired) electrons. The molecule has 2 heterocycles. The summed E-state index contributed by atoms with van der Waals surface area (Å²) in [6, 6.07) is 7.50. The SMILES string of the molecule is CCNC(=NCc1ccc(S(=O)(=O)NC2CC2)cc1)N1CCC(C)C(n2ccnc2)C1.I. The largest absolute Gasteiger partial charge is 0.357 e. The Morgan fingerprint density at radius 3 is 2.59 bits per heavy atom. The lowest BCUT2D eigenvalue weighted by molar-refractivity contribution is 0.189. The van der Waals surface area contributed by atoms with Crippen molar-refractivity contribution in [2.24, 2.45) is 10.9 Å². The zero-order valence-corrected chi connectivity index (χ0v) is 21.8. The van der Waals surface area contributed by atoms with Crippen LogP contribution in [0.15, 0.2) is 52.9 Å². The number of hydrogen-bond acceptors (Lipinski definition) is 4. The first-order valence-electron chi connectivity index (χ1n) is 11.1. The molecule has 10 heteroatoms. The van der Waals surface area contributed by atoms with Crippen molar-refractivity contribution in [3.05, 3.63) is 48.5 Å². The van der Waals surface area contributed by atoms with Gasteiger partial charge in [0.15, 0.2) is 5.96 Å². The number of imidazole rings is 1. The fraction of sp³-hybridized carbons (Fsp3) is 0.545. The van der Waals surface area contributed by atoms with Gasteiger partial charge in [-0.2, -0.15) is 0 Å². The number of benzene rings is 1. The Morgan fingerprint density at radius 1 is 1.22 bits per heavy atom. The standard InChI is InChI=1S/C22H32N6O2S.HI/c1-3-24-22(27-12-10-17(2)21(15-27)28-13-11-23-16-28)25-14-18-4-8-20(9-5-18)31(29,30)26-19-6-7-19;/h4-5,8-9,11,13,16-17,19,21,26H,3,6-7,10,12,14-15H2,1-2H3,(H,24,25);1H. The van der Waals surface area contributed by atoms with Crippen LogP contribution in [0.5, 0.6) is 0 Å². The highest BCUT2D eigenvalue weighted by Gasteiger charge is 2.29. The molecule has 176 valence electrons. The Balaban J connectivity index is 0.00000289. The van der Waals surface area contributed by atoms with E-state index in [0.717, 1.165) is 50.4 Å². The third kappa shape index (κ3) is 6.22. The van der Waals surface area contributed by atoms with E-state index in [1.807, 2.05) is 30.9 Å². The van der Waals surface area contributed by atoms with Crippen LogP contribution in [0.3, 0.4) is 0 Å². The van der Waals surface area contributed by atoms with Gasteiger partial charge in [0.1, 0.15) is 0 Å². The molecule has 1 aliphatic carbocycles. The van der Waals surface area contributed by atoms with E-state index in [1.165, 1.54) is 0 Å². The Labute approximate surface area is 208 Å². The third-order valence-corrected chi connectivity index (χ3v) is 7.54. The normalized spacial score (nSPS) is 21.8. The molecule has 4 rings (SSSR count). The van der Waals surface area contributed by atoms with Crippen molar-refractivity contribution in [1.29, 1.82) is 0 Å². The molecule has 2 atom stereocenters. The zero-order valence-electron chi connectivity index (χ0n) is 18.6. The quantitative estimate of drug-likeness (QED) is 0.303. The Morgan fingerprint density at radius 2 is 1.97 bits per heavy atom. The number of nitrogens with one attached hydrogen (secondary N) is 2. The summed E-state index contributed by atoms with van der Waals surface area (Å²) in [5, 5.41) is 3.41. The predicted octanol–water partition coefficient (Wildman–Crippen LogP) is 2.99. The second kappa shape index (κ2) is 11.0. The van der Waals surface area contributed by atoms with Gasteiger partial charge in [-0.25, -0.2) is 23.1 Å². The maximum absolute atomic E-state index is 12.3. The van der Waals surface area contributed by atoms with E-state index in [1.54, 1.807) is 12.1 Å². The van der Waals surface area contributed by atoms with Crippen LogP contribution in [0, 0.1) is 5.92 Å². The number of aromatic nitrogens is 2. The number of likely N-dealkylation sites (tertiary alicyclic amines) is 1. The maximum atomic E-state index is 12.3. The Hall–Kier alpha value is -1.66. The minimum Gasteiger partial charge on any atom is -0.357 e. The number of hydrogen-bond donors (Lipinski definition) is 2. The van der Waals surface area contributed by atoms with E-state index in [-0.39, 0.29) is 30.0 Å². The molecule has 1 aromatic carbocycles. The molecule has 1 saturated carbocycles. The summed E-state index contributed by atoms with van der Waals surface area (Å²) >= 11 is 0. The molecule has 8 nitrogen and oxygen atoms in total. The molecule has 2 aromatic rings. The van der Waals surface area contributed by atoms with E-state index in [4.69, 9.17) is 4.99 Å². The van der Waals surface area contributed by atoms with Crippen LogP contribution in [-0.2, 0) is 16.6 Å². The smallest absolute Gasteiger partial charge is 0.240 e. The van der Waals surface area contributed by atoms with Gasteiger partial charge in [0.25, 0.3) is 0 Å². The lowest BCUT2D eigenvalue weighted by atomic mass is 9.93. The first-order chi connectivity index (χ1) is 15.0. The predicted molar refractivity (Wildman–Crippen MR) is 137 cm³/mol. The molecule has 2 N–H and O–H groups in total. The van der Waals surface area contributed by atoms with E-state index in [2.05, 4.69) is 38.3 Å². The summed E-state index contributed by atoms with van der Waals surface area (Å²) in [5.74, 6) is 1.47. The van der Waals surface area contributed by atoms with E-state index in [0.29, 0.717) is 23.4 Å². The number of piperidine rings is 1. The van der Waals surface area contributed by atoms with Crippen molar-refractivity contribution >= 4 is 40.0 Å². The van der Waals surface area contributed by atoms with Gasteiger partial charge >= 0.3 is 0 Å². The summed E-state index contributed by atoms with van der Waals surface area (Å²) in [6.07, 6.45) is 8.69. The lowest BCUT2D eigenvalue weighted by Crippen LogP contribution is -2.49. The van der Waals surface area contributed by atoms with Crippen LogP contribution >= 0.6 is 24.0 Å². The number of guanidine groups is 1. The number of nitrogens with zero attached hydrogens (tertiary/aromatic N) is 4. The highest BCUT2D eigenvalue weighted by molar-refractivity contribution is 14.0. The van der Waals surface area contributed by atoms with Crippen LogP contribution in [0.1, 0.15) is 44.7 Å². The van der Waals surface area contributed by atoms with Gasteiger partial charge in [0.05, 0.1) is 23.8 Å².